The first-order valence-electron chi connectivity index (χ1n) is 19.7. The third kappa shape index (κ3) is 8.21. The molecule has 0 unspecified atom stereocenters. The molecule has 0 aliphatic carbocycles. The summed E-state index contributed by atoms with van der Waals surface area (Å²) in [5.74, 6) is -1.08. The molecule has 0 spiro atoms. The van der Waals surface area contributed by atoms with Crippen molar-refractivity contribution < 1.29 is 39.6 Å². The molecular weight excluding hydrogens is 749 g/mol. The molecule has 5 heterocycles. The van der Waals surface area contributed by atoms with Crippen molar-refractivity contribution in [3.63, 3.8) is 0 Å². The van der Waals surface area contributed by atoms with Gasteiger partial charge in [0.1, 0.15) is 0 Å². The van der Waals surface area contributed by atoms with Crippen LogP contribution in [0.3, 0.4) is 0 Å². The Bertz CT molecular complexity index is 2410. The van der Waals surface area contributed by atoms with Crippen LogP contribution >= 0.6 is 0 Å². The minimum atomic E-state index is -2.34. The number of benzene rings is 1. The monoisotopic (exact) mass is 802 g/mol. The van der Waals surface area contributed by atoms with E-state index >= 15 is 0 Å². The van der Waals surface area contributed by atoms with Crippen LogP contribution in [0, 0.1) is 24.5 Å². The van der Waals surface area contributed by atoms with E-state index in [1.165, 1.54) is 12.1 Å². The smallest absolute Gasteiger partial charge is 0.216 e. The molecule has 0 bridgehead atoms. The molecular formula is C38H42IrN4OSi-2. The molecule has 5 nitrogen and oxygen atoms in total. The Morgan fingerprint density at radius 3 is 2.56 bits per heavy atom. The van der Waals surface area contributed by atoms with Gasteiger partial charge in [0.15, 0.2) is 0 Å². The number of pyridine rings is 4. The normalized spacial score (nSPS) is 16.1. The molecule has 45 heavy (non-hydrogen) atoms. The van der Waals surface area contributed by atoms with Crippen LogP contribution < -0.4 is 5.19 Å². The van der Waals surface area contributed by atoms with Crippen molar-refractivity contribution in [2.45, 2.75) is 73.4 Å². The molecule has 5 aromatic heterocycles. The van der Waals surface area contributed by atoms with Crippen LogP contribution in [0.25, 0.3) is 44.6 Å². The van der Waals surface area contributed by atoms with Crippen LogP contribution in [-0.4, -0.2) is 28.0 Å². The maximum atomic E-state index is 8.62. The SMILES string of the molecule is [2H]C([2H])([2H])c1ccc2c(n1)oc1c(-c3cc(C([2H])([2H])C(C)(C)C)ccn3)[c-]ncc12.[2H]c1[c-]c(-c2nc([2H])c([Si](C)(C)C)c(C([2H])(C)C)c2[2H])cc([2H])c1[2H].[Ir]. The third-order valence-corrected chi connectivity index (χ3v) is 8.41. The Labute approximate surface area is 297 Å². The van der Waals surface area contributed by atoms with Crippen molar-refractivity contribution in [2.75, 3.05) is 0 Å². The minimum Gasteiger partial charge on any atom is -0.486 e. The van der Waals surface area contributed by atoms with Crippen molar-refractivity contribution in [1.82, 2.24) is 19.9 Å². The second kappa shape index (κ2) is 13.9. The van der Waals surface area contributed by atoms with Crippen LogP contribution in [-0.2, 0) is 26.5 Å². The summed E-state index contributed by atoms with van der Waals surface area (Å²) in [7, 11) is -2.02. The van der Waals surface area contributed by atoms with Crippen molar-refractivity contribution in [3.05, 3.63) is 102 Å². The molecule has 0 N–H and O–H groups in total. The molecule has 1 radical (unpaired) electrons. The summed E-state index contributed by atoms with van der Waals surface area (Å²) in [5.41, 5.74) is 2.24. The van der Waals surface area contributed by atoms with Crippen LogP contribution in [0.2, 0.25) is 19.6 Å². The van der Waals surface area contributed by atoms with E-state index in [-0.39, 0.29) is 73.1 Å². The molecule has 7 heteroatoms. The zero-order valence-electron chi connectivity index (χ0n) is 37.6. The van der Waals surface area contributed by atoms with Crippen molar-refractivity contribution in [2.24, 2.45) is 5.41 Å². The van der Waals surface area contributed by atoms with Crippen molar-refractivity contribution in [3.8, 4) is 22.5 Å². The predicted octanol–water partition coefficient (Wildman–Crippen LogP) is 9.35. The third-order valence-electron chi connectivity index (χ3n) is 6.55. The summed E-state index contributed by atoms with van der Waals surface area (Å²) in [6, 6.07) is 9.89. The van der Waals surface area contributed by atoms with Gasteiger partial charge in [-0.15, -0.1) is 35.8 Å². The Kier molecular flexibility index (Phi) is 6.80. The minimum absolute atomic E-state index is 0. The number of hydrogen-bond acceptors (Lipinski definition) is 5. The van der Waals surface area contributed by atoms with Gasteiger partial charge in [-0.05, 0) is 78.5 Å². The largest absolute Gasteiger partial charge is 0.486 e. The van der Waals surface area contributed by atoms with E-state index in [9.17, 15) is 0 Å². The van der Waals surface area contributed by atoms with Gasteiger partial charge in [0.2, 0.25) is 5.71 Å². The number of furan rings is 1. The van der Waals surface area contributed by atoms with Gasteiger partial charge in [-0.1, -0.05) is 83.1 Å². The topological polar surface area (TPSA) is 64.7 Å². The molecule has 6 aromatic rings. The Balaban J connectivity index is 0.000000249. The Morgan fingerprint density at radius 1 is 1.07 bits per heavy atom. The molecule has 0 amide bonds. The molecule has 235 valence electrons. The van der Waals surface area contributed by atoms with E-state index in [1.54, 1.807) is 44.4 Å². The summed E-state index contributed by atoms with van der Waals surface area (Å²) in [4.78, 5) is 17.0. The number of nitrogens with zero attached hydrogens (tertiary/aromatic N) is 4. The standard InChI is InChI=1S/C21H20N3O.C17H22NSi.Ir/c1-13-5-6-15-16-11-22-12-17(19(16)25-20(15)24-13)18-9-14(7-8-23-18)10-21(2,3)4;1-13(2)15-11-16(14-9-7-6-8-10-14)18-12-17(15)19(3,4)5;/h5-9,11H,10H2,1-4H3;6-9,11-13H,1-5H3;/q2*-1;/i1D3,10D2;6D,7D,8D,11D,12D,13D;. The van der Waals surface area contributed by atoms with Gasteiger partial charge in [0.25, 0.3) is 0 Å². The molecule has 0 saturated carbocycles. The maximum absolute atomic E-state index is 8.62. The number of rotatable bonds is 5. The predicted molar refractivity (Wildman–Crippen MR) is 185 cm³/mol. The Hall–Kier alpha value is -3.51. The van der Waals surface area contributed by atoms with Gasteiger partial charge in [0.05, 0.1) is 16.4 Å². The fraction of sp³-hybridized carbons (Fsp3) is 0.316. The summed E-state index contributed by atoms with van der Waals surface area (Å²) >= 11 is 0. The van der Waals surface area contributed by atoms with E-state index in [4.69, 9.17) is 19.5 Å². The van der Waals surface area contributed by atoms with Gasteiger partial charge in [-0.3, -0.25) is 0 Å². The van der Waals surface area contributed by atoms with Gasteiger partial charge in [0, 0.05) is 54.5 Å². The zero-order chi connectivity index (χ0) is 41.2. The summed E-state index contributed by atoms with van der Waals surface area (Å²) in [5, 5.41) is 1.99. The molecule has 0 fully saturated rings. The Morgan fingerprint density at radius 2 is 1.87 bits per heavy atom. The molecule has 0 aliphatic heterocycles. The van der Waals surface area contributed by atoms with Gasteiger partial charge in [-0.25, -0.2) is 4.98 Å². The van der Waals surface area contributed by atoms with E-state index < -0.39 is 32.6 Å². The van der Waals surface area contributed by atoms with E-state index in [0.717, 1.165) is 0 Å². The summed E-state index contributed by atoms with van der Waals surface area (Å²) in [6.45, 7) is 12.7. The fourth-order valence-corrected chi connectivity index (χ4v) is 6.06. The molecule has 6 rings (SSSR count). The summed E-state index contributed by atoms with van der Waals surface area (Å²) in [6.07, 6.45) is 4.47. The number of aromatic nitrogens is 4. The quantitative estimate of drug-likeness (QED) is 0.129. The molecule has 0 atom stereocenters. The van der Waals surface area contributed by atoms with E-state index in [1.807, 2.05) is 20.8 Å². The van der Waals surface area contributed by atoms with Crippen LogP contribution in [0.5, 0.6) is 0 Å². The van der Waals surface area contributed by atoms with Crippen LogP contribution in [0.4, 0.5) is 0 Å². The van der Waals surface area contributed by atoms with Crippen LogP contribution in [0.1, 0.15) is 72.4 Å². The first-order chi connectivity index (χ1) is 25.1. The average molecular weight is 802 g/mol. The van der Waals surface area contributed by atoms with Gasteiger partial charge >= 0.3 is 0 Å². The van der Waals surface area contributed by atoms with E-state index in [0.29, 0.717) is 43.9 Å². The van der Waals surface area contributed by atoms with Crippen LogP contribution in [0.15, 0.2) is 77.5 Å². The van der Waals surface area contributed by atoms with Crippen molar-refractivity contribution in [1.29, 1.82) is 0 Å². The van der Waals surface area contributed by atoms with Gasteiger partial charge in [-0.2, -0.15) is 0 Å². The maximum Gasteiger partial charge on any atom is 0.216 e. The first-order valence-corrected chi connectivity index (χ1v) is 17.7. The van der Waals surface area contributed by atoms with E-state index in [2.05, 4.69) is 51.8 Å². The van der Waals surface area contributed by atoms with Gasteiger partial charge < -0.3 is 19.4 Å². The molecule has 0 saturated heterocycles. The molecule has 0 aliphatic rings. The number of fused-ring (bicyclic) bond motifs is 3. The zero-order valence-corrected chi connectivity index (χ0v) is 30.0. The second-order valence-corrected chi connectivity index (χ2v) is 17.7. The number of aryl methyl sites for hydroxylation is 1. The first kappa shape index (κ1) is 22.1. The summed E-state index contributed by atoms with van der Waals surface area (Å²) < 4.78 is 94.3. The second-order valence-electron chi connectivity index (χ2n) is 12.7. The van der Waals surface area contributed by atoms with Crippen molar-refractivity contribution >= 4 is 35.3 Å². The number of hydrogen-bond donors (Lipinski definition) is 0. The average Bonchev–Trinajstić information content (AvgIpc) is 3.44. The fourth-order valence-electron chi connectivity index (χ4n) is 4.60. The molecule has 1 aromatic carbocycles.